The fraction of sp³-hybridized carbons (Fsp3) is 0.467. The molecule has 22 heavy (non-hydrogen) atoms. The zero-order valence-corrected chi connectivity index (χ0v) is 15.3. The molecule has 2 atom stereocenters. The molecule has 1 aromatic rings. The van der Waals surface area contributed by atoms with Crippen LogP contribution in [0.5, 0.6) is 0 Å². The summed E-state index contributed by atoms with van der Waals surface area (Å²) in [5.74, 6) is -0.637. The molecule has 1 rings (SSSR count). The third-order valence-corrected chi connectivity index (χ3v) is 3.62. The minimum absolute atomic E-state index is 0. The number of amides is 1. The van der Waals surface area contributed by atoms with Gasteiger partial charge in [-0.1, -0.05) is 35.0 Å². The van der Waals surface area contributed by atoms with Crippen LogP contribution in [0.4, 0.5) is 0 Å². The highest BCUT2D eigenvalue weighted by molar-refractivity contribution is 9.10. The number of carbonyl (C=O) groups is 2. The summed E-state index contributed by atoms with van der Waals surface area (Å²) in [5.41, 5.74) is 0.861. The quantitative estimate of drug-likeness (QED) is 0.698. The molecule has 5 nitrogen and oxygen atoms in total. The Balaban J connectivity index is 0.00000441. The highest BCUT2D eigenvalue weighted by Crippen LogP contribution is 2.21. The van der Waals surface area contributed by atoms with Gasteiger partial charge < -0.3 is 15.4 Å². The van der Waals surface area contributed by atoms with Gasteiger partial charge in [0.25, 0.3) is 0 Å². The Morgan fingerprint density at radius 3 is 2.59 bits per heavy atom. The first-order valence-corrected chi connectivity index (χ1v) is 7.54. The first kappa shape index (κ1) is 20.9. The van der Waals surface area contributed by atoms with Gasteiger partial charge in [-0.05, 0) is 24.7 Å². The van der Waals surface area contributed by atoms with Crippen molar-refractivity contribution >= 4 is 40.2 Å². The largest absolute Gasteiger partial charge is 0.469 e. The molecule has 0 fully saturated rings. The van der Waals surface area contributed by atoms with Crippen molar-refractivity contribution in [1.29, 1.82) is 0 Å². The van der Waals surface area contributed by atoms with Crippen LogP contribution in [0.2, 0.25) is 0 Å². The Labute approximate surface area is 145 Å². The third-order valence-electron chi connectivity index (χ3n) is 3.12. The average Bonchev–Trinajstić information content (AvgIpc) is 2.46. The molecule has 0 aliphatic rings. The van der Waals surface area contributed by atoms with Crippen LogP contribution in [0.25, 0.3) is 0 Å². The summed E-state index contributed by atoms with van der Waals surface area (Å²) < 4.78 is 5.60. The summed E-state index contributed by atoms with van der Waals surface area (Å²) in [6.07, 6.45) is 0.102. The number of benzene rings is 1. The van der Waals surface area contributed by atoms with E-state index in [4.69, 9.17) is 4.74 Å². The fourth-order valence-corrected chi connectivity index (χ4v) is 2.36. The molecular formula is C15H22BrClN2O3. The fourth-order valence-electron chi connectivity index (χ4n) is 1.94. The number of ether oxygens (including phenoxy) is 1. The zero-order valence-electron chi connectivity index (χ0n) is 12.9. The highest BCUT2D eigenvalue weighted by Gasteiger charge is 2.21. The van der Waals surface area contributed by atoms with E-state index in [1.54, 1.807) is 7.05 Å². The van der Waals surface area contributed by atoms with Gasteiger partial charge in [-0.25, -0.2) is 0 Å². The van der Waals surface area contributed by atoms with E-state index in [1.165, 1.54) is 7.11 Å². The molecule has 7 heteroatoms. The molecule has 0 spiro atoms. The lowest BCUT2D eigenvalue weighted by molar-refractivity contribution is -0.141. The van der Waals surface area contributed by atoms with Gasteiger partial charge >= 0.3 is 5.97 Å². The predicted molar refractivity (Wildman–Crippen MR) is 92.0 cm³/mol. The van der Waals surface area contributed by atoms with E-state index in [-0.39, 0.29) is 36.6 Å². The molecule has 0 aromatic heterocycles. The first-order chi connectivity index (χ1) is 9.97. The summed E-state index contributed by atoms with van der Waals surface area (Å²) in [6, 6.07) is 7.12. The van der Waals surface area contributed by atoms with Crippen molar-refractivity contribution in [1.82, 2.24) is 10.6 Å². The molecule has 0 radical (unpaired) electrons. The van der Waals surface area contributed by atoms with Gasteiger partial charge in [0.1, 0.15) is 0 Å². The summed E-state index contributed by atoms with van der Waals surface area (Å²) in [7, 11) is 3.13. The molecule has 2 unspecified atom stereocenters. The molecular weight excluding hydrogens is 372 g/mol. The second-order valence-electron chi connectivity index (χ2n) is 4.86. The van der Waals surface area contributed by atoms with E-state index in [9.17, 15) is 9.59 Å². The second-order valence-corrected chi connectivity index (χ2v) is 5.77. The number of halogens is 2. The van der Waals surface area contributed by atoms with Crippen molar-refractivity contribution in [2.75, 3.05) is 20.7 Å². The maximum Gasteiger partial charge on any atom is 0.307 e. The molecule has 124 valence electrons. The van der Waals surface area contributed by atoms with Crippen LogP contribution < -0.4 is 10.6 Å². The number of methoxy groups -OCH3 is 1. The Morgan fingerprint density at radius 2 is 2.05 bits per heavy atom. The van der Waals surface area contributed by atoms with Crippen LogP contribution >= 0.6 is 28.3 Å². The molecule has 1 amide bonds. The molecule has 0 aliphatic carbocycles. The van der Waals surface area contributed by atoms with Gasteiger partial charge in [0.15, 0.2) is 0 Å². The molecule has 0 heterocycles. The topological polar surface area (TPSA) is 67.4 Å². The van der Waals surface area contributed by atoms with Crippen LogP contribution in [0.1, 0.15) is 24.9 Å². The number of esters is 1. The number of hydrogen-bond donors (Lipinski definition) is 2. The Bertz CT molecular complexity index is 499. The lowest BCUT2D eigenvalue weighted by Crippen LogP contribution is -2.37. The SMILES string of the molecule is CNCC(C)C(=O)NC(CC(=O)OC)c1cccc(Br)c1.Cl. The van der Waals surface area contributed by atoms with E-state index >= 15 is 0 Å². The lowest BCUT2D eigenvalue weighted by Gasteiger charge is -2.21. The van der Waals surface area contributed by atoms with Crippen molar-refractivity contribution in [3.63, 3.8) is 0 Å². The average molecular weight is 394 g/mol. The van der Waals surface area contributed by atoms with Crippen molar-refractivity contribution in [2.24, 2.45) is 5.92 Å². The lowest BCUT2D eigenvalue weighted by atomic mass is 10.0. The number of hydrogen-bond acceptors (Lipinski definition) is 4. The highest BCUT2D eigenvalue weighted by atomic mass is 79.9. The van der Waals surface area contributed by atoms with E-state index < -0.39 is 6.04 Å². The van der Waals surface area contributed by atoms with Crippen LogP contribution in [0, 0.1) is 5.92 Å². The van der Waals surface area contributed by atoms with Crippen molar-refractivity contribution < 1.29 is 14.3 Å². The minimum Gasteiger partial charge on any atom is -0.469 e. The molecule has 0 aliphatic heterocycles. The standard InChI is InChI=1S/C15H21BrN2O3.ClH/c1-10(9-17-2)15(20)18-13(8-14(19)21-3)11-5-4-6-12(16)7-11;/h4-7,10,13,17H,8-9H2,1-3H3,(H,18,20);1H. The second kappa shape index (κ2) is 10.6. The van der Waals surface area contributed by atoms with Gasteiger partial charge in [-0.15, -0.1) is 12.4 Å². The summed E-state index contributed by atoms with van der Waals surface area (Å²) in [6.45, 7) is 2.41. The van der Waals surface area contributed by atoms with Crippen LogP contribution in [0.15, 0.2) is 28.7 Å². The number of rotatable bonds is 7. The molecule has 0 saturated heterocycles. The van der Waals surface area contributed by atoms with E-state index in [0.717, 1.165) is 10.0 Å². The zero-order chi connectivity index (χ0) is 15.8. The van der Waals surface area contributed by atoms with Crippen molar-refractivity contribution in [3.05, 3.63) is 34.3 Å². The minimum atomic E-state index is -0.401. The summed E-state index contributed by atoms with van der Waals surface area (Å²) in [4.78, 5) is 23.7. The van der Waals surface area contributed by atoms with E-state index in [1.807, 2.05) is 31.2 Å². The van der Waals surface area contributed by atoms with Gasteiger partial charge in [0.2, 0.25) is 5.91 Å². The Morgan fingerprint density at radius 1 is 1.36 bits per heavy atom. The van der Waals surface area contributed by atoms with Crippen LogP contribution in [-0.4, -0.2) is 32.6 Å². The Kier molecular flexibility index (Phi) is 10.1. The molecule has 2 N–H and O–H groups in total. The Hall–Kier alpha value is -1.11. The summed E-state index contributed by atoms with van der Waals surface area (Å²) in [5, 5.41) is 5.87. The van der Waals surface area contributed by atoms with Gasteiger partial charge in [0.05, 0.1) is 19.6 Å². The predicted octanol–water partition coefficient (Wildman–Crippen LogP) is 2.45. The first-order valence-electron chi connectivity index (χ1n) is 6.75. The van der Waals surface area contributed by atoms with Crippen LogP contribution in [0.3, 0.4) is 0 Å². The number of nitrogens with one attached hydrogen (secondary N) is 2. The molecule has 0 bridgehead atoms. The van der Waals surface area contributed by atoms with E-state index in [0.29, 0.717) is 6.54 Å². The molecule has 1 aromatic carbocycles. The van der Waals surface area contributed by atoms with Crippen molar-refractivity contribution in [3.8, 4) is 0 Å². The van der Waals surface area contributed by atoms with Gasteiger partial charge in [-0.3, -0.25) is 9.59 Å². The van der Waals surface area contributed by atoms with Crippen LogP contribution in [-0.2, 0) is 14.3 Å². The maximum absolute atomic E-state index is 12.2. The van der Waals surface area contributed by atoms with Crippen molar-refractivity contribution in [2.45, 2.75) is 19.4 Å². The maximum atomic E-state index is 12.2. The van der Waals surface area contributed by atoms with E-state index in [2.05, 4.69) is 26.6 Å². The smallest absolute Gasteiger partial charge is 0.307 e. The molecule has 0 saturated carbocycles. The van der Waals surface area contributed by atoms with Gasteiger partial charge in [0, 0.05) is 16.9 Å². The third kappa shape index (κ3) is 6.77. The van der Waals surface area contributed by atoms with Gasteiger partial charge in [-0.2, -0.15) is 0 Å². The monoisotopic (exact) mass is 392 g/mol. The normalized spacial score (nSPS) is 12.7. The summed E-state index contributed by atoms with van der Waals surface area (Å²) >= 11 is 3.39. The number of carbonyl (C=O) groups excluding carboxylic acids is 2.